The van der Waals surface area contributed by atoms with Gasteiger partial charge in [0.15, 0.2) is 17.3 Å². The molecule has 0 heterocycles. The molecule has 4 heteroatoms. The molecule has 0 aliphatic rings. The molecular formula is C14H11NO3. The Morgan fingerprint density at radius 1 is 1.22 bits per heavy atom. The monoisotopic (exact) mass is 241 g/mol. The van der Waals surface area contributed by atoms with Gasteiger partial charge in [0.2, 0.25) is 0 Å². The van der Waals surface area contributed by atoms with Crippen molar-refractivity contribution in [1.29, 1.82) is 5.26 Å². The maximum atomic E-state index is 11.8. The number of nitriles is 1. The van der Waals surface area contributed by atoms with Crippen LogP contribution in [-0.2, 0) is 0 Å². The van der Waals surface area contributed by atoms with E-state index in [9.17, 15) is 20.3 Å². The average Bonchev–Trinajstić information content (AvgIpc) is 2.41. The van der Waals surface area contributed by atoms with Crippen molar-refractivity contribution in [2.24, 2.45) is 0 Å². The van der Waals surface area contributed by atoms with Crippen molar-refractivity contribution in [3.05, 3.63) is 35.4 Å². The lowest BCUT2D eigenvalue weighted by Crippen LogP contribution is -2.02. The fourth-order valence-electron chi connectivity index (χ4n) is 1.97. The van der Waals surface area contributed by atoms with Crippen LogP contribution in [0.1, 0.15) is 29.3 Å². The molecule has 0 spiro atoms. The predicted molar refractivity (Wildman–Crippen MR) is 66.6 cm³/mol. The number of nitrogens with zero attached hydrogens (tertiary/aromatic N) is 1. The molecule has 18 heavy (non-hydrogen) atoms. The Kier molecular flexibility index (Phi) is 2.90. The largest absolute Gasteiger partial charge is 0.504 e. The first-order chi connectivity index (χ1) is 8.61. The van der Waals surface area contributed by atoms with Gasteiger partial charge in [-0.15, -0.1) is 0 Å². The SMILES string of the molecule is CCC(=O)c1c(O)c(O)c2ccccc2c1C#N. The summed E-state index contributed by atoms with van der Waals surface area (Å²) < 4.78 is 0. The normalized spacial score (nSPS) is 10.2. The van der Waals surface area contributed by atoms with Gasteiger partial charge >= 0.3 is 0 Å². The fourth-order valence-corrected chi connectivity index (χ4v) is 1.97. The molecule has 0 aliphatic carbocycles. The van der Waals surface area contributed by atoms with Crippen LogP contribution in [0.5, 0.6) is 11.5 Å². The second-order valence-corrected chi connectivity index (χ2v) is 3.88. The molecule has 0 aliphatic heterocycles. The van der Waals surface area contributed by atoms with E-state index in [-0.39, 0.29) is 29.1 Å². The van der Waals surface area contributed by atoms with E-state index in [0.717, 1.165) is 0 Å². The van der Waals surface area contributed by atoms with Crippen LogP contribution in [0.15, 0.2) is 24.3 Å². The highest BCUT2D eigenvalue weighted by Crippen LogP contribution is 2.40. The van der Waals surface area contributed by atoms with E-state index in [4.69, 9.17) is 0 Å². The van der Waals surface area contributed by atoms with E-state index in [1.54, 1.807) is 31.2 Å². The van der Waals surface area contributed by atoms with E-state index in [0.29, 0.717) is 10.8 Å². The average molecular weight is 241 g/mol. The summed E-state index contributed by atoms with van der Waals surface area (Å²) in [4.78, 5) is 11.8. The van der Waals surface area contributed by atoms with E-state index in [2.05, 4.69) is 0 Å². The number of hydrogen-bond acceptors (Lipinski definition) is 4. The van der Waals surface area contributed by atoms with Gasteiger partial charge in [0.25, 0.3) is 0 Å². The van der Waals surface area contributed by atoms with E-state index in [1.807, 2.05) is 6.07 Å². The first kappa shape index (κ1) is 11.9. The van der Waals surface area contributed by atoms with Crippen LogP contribution < -0.4 is 0 Å². The molecular weight excluding hydrogens is 230 g/mol. The standard InChI is InChI=1S/C14H11NO3/c1-2-11(16)12-10(7-15)8-5-3-4-6-9(8)13(17)14(12)18/h3-6,17-18H,2H2,1H3. The molecule has 2 rings (SSSR count). The molecule has 2 aromatic carbocycles. The third-order valence-corrected chi connectivity index (χ3v) is 2.87. The van der Waals surface area contributed by atoms with Crippen molar-refractivity contribution in [3.8, 4) is 17.6 Å². The zero-order chi connectivity index (χ0) is 13.3. The summed E-state index contributed by atoms with van der Waals surface area (Å²) in [7, 11) is 0. The number of carbonyl (C=O) groups is 1. The summed E-state index contributed by atoms with van der Waals surface area (Å²) in [6.45, 7) is 1.63. The number of rotatable bonds is 2. The molecule has 0 saturated heterocycles. The lowest BCUT2D eigenvalue weighted by Gasteiger charge is -2.11. The Hall–Kier alpha value is -2.54. The fraction of sp³-hybridized carbons (Fsp3) is 0.143. The first-order valence-corrected chi connectivity index (χ1v) is 5.51. The molecule has 0 unspecified atom stereocenters. The van der Waals surface area contributed by atoms with Crippen LogP contribution in [0, 0.1) is 11.3 Å². The van der Waals surface area contributed by atoms with E-state index < -0.39 is 5.75 Å². The number of aromatic hydroxyl groups is 2. The van der Waals surface area contributed by atoms with Crippen LogP contribution >= 0.6 is 0 Å². The number of phenolic OH excluding ortho intramolecular Hbond substituents is 2. The lowest BCUT2D eigenvalue weighted by molar-refractivity contribution is 0.0985. The minimum atomic E-state index is -0.517. The molecule has 0 bridgehead atoms. The Bertz CT molecular complexity index is 683. The number of ketones is 1. The third-order valence-electron chi connectivity index (χ3n) is 2.87. The molecule has 90 valence electrons. The molecule has 0 aromatic heterocycles. The van der Waals surface area contributed by atoms with Gasteiger partial charge < -0.3 is 10.2 Å². The molecule has 4 nitrogen and oxygen atoms in total. The number of Topliss-reactive ketones (excluding diaryl/α,β-unsaturated/α-hetero) is 1. The highest BCUT2D eigenvalue weighted by atomic mass is 16.3. The molecule has 2 aromatic rings. The quantitative estimate of drug-likeness (QED) is 0.625. The molecule has 0 amide bonds. The Morgan fingerprint density at radius 2 is 1.83 bits per heavy atom. The van der Waals surface area contributed by atoms with Gasteiger partial charge in [0, 0.05) is 17.2 Å². The number of fused-ring (bicyclic) bond motifs is 1. The van der Waals surface area contributed by atoms with Crippen LogP contribution in [0.25, 0.3) is 10.8 Å². The van der Waals surface area contributed by atoms with Gasteiger partial charge in [-0.05, 0) is 0 Å². The number of phenols is 2. The number of hydrogen-bond donors (Lipinski definition) is 2. The molecule has 0 atom stereocenters. The summed E-state index contributed by atoms with van der Waals surface area (Å²) in [6, 6.07) is 8.55. The van der Waals surface area contributed by atoms with Crippen LogP contribution in [0.4, 0.5) is 0 Å². The minimum Gasteiger partial charge on any atom is -0.504 e. The Labute approximate surface area is 104 Å². The van der Waals surface area contributed by atoms with Crippen LogP contribution in [0.3, 0.4) is 0 Å². The zero-order valence-electron chi connectivity index (χ0n) is 9.77. The third kappa shape index (κ3) is 1.57. The van der Waals surface area contributed by atoms with Gasteiger partial charge in [0.1, 0.15) is 6.07 Å². The molecule has 2 N–H and O–H groups in total. The second-order valence-electron chi connectivity index (χ2n) is 3.88. The van der Waals surface area contributed by atoms with Crippen molar-refractivity contribution >= 4 is 16.6 Å². The van der Waals surface area contributed by atoms with Crippen molar-refractivity contribution in [2.45, 2.75) is 13.3 Å². The van der Waals surface area contributed by atoms with E-state index in [1.165, 1.54) is 0 Å². The summed E-state index contributed by atoms with van der Waals surface area (Å²) in [6.07, 6.45) is 0.153. The second kappa shape index (κ2) is 4.38. The van der Waals surface area contributed by atoms with E-state index >= 15 is 0 Å². The number of carbonyl (C=O) groups excluding carboxylic acids is 1. The van der Waals surface area contributed by atoms with Crippen molar-refractivity contribution in [3.63, 3.8) is 0 Å². The highest BCUT2D eigenvalue weighted by molar-refractivity contribution is 6.09. The molecule has 0 radical (unpaired) electrons. The van der Waals surface area contributed by atoms with Crippen LogP contribution in [0.2, 0.25) is 0 Å². The topological polar surface area (TPSA) is 81.3 Å². The number of benzene rings is 2. The van der Waals surface area contributed by atoms with Crippen LogP contribution in [-0.4, -0.2) is 16.0 Å². The van der Waals surface area contributed by atoms with Crippen molar-refractivity contribution < 1.29 is 15.0 Å². The molecule has 0 fully saturated rings. The summed E-state index contributed by atoms with van der Waals surface area (Å²) in [5, 5.41) is 29.8. The van der Waals surface area contributed by atoms with Gasteiger partial charge in [-0.2, -0.15) is 5.26 Å². The smallest absolute Gasteiger partial charge is 0.170 e. The predicted octanol–water partition coefficient (Wildman–Crippen LogP) is 2.72. The molecule has 0 saturated carbocycles. The summed E-state index contributed by atoms with van der Waals surface area (Å²) in [5.74, 6) is -1.25. The minimum absolute atomic E-state index is 0.101. The van der Waals surface area contributed by atoms with Crippen molar-refractivity contribution in [2.75, 3.05) is 0 Å². The summed E-state index contributed by atoms with van der Waals surface area (Å²) >= 11 is 0. The van der Waals surface area contributed by atoms with Crippen molar-refractivity contribution in [1.82, 2.24) is 0 Å². The highest BCUT2D eigenvalue weighted by Gasteiger charge is 2.22. The Morgan fingerprint density at radius 3 is 2.39 bits per heavy atom. The first-order valence-electron chi connectivity index (χ1n) is 5.51. The van der Waals surface area contributed by atoms with Gasteiger partial charge in [-0.3, -0.25) is 4.79 Å². The summed E-state index contributed by atoms with van der Waals surface area (Å²) in [5.41, 5.74) is 0.00366. The Balaban J connectivity index is 2.99. The maximum Gasteiger partial charge on any atom is 0.170 e. The maximum absolute atomic E-state index is 11.8. The van der Waals surface area contributed by atoms with Gasteiger partial charge in [-0.1, -0.05) is 31.2 Å². The van der Waals surface area contributed by atoms with Gasteiger partial charge in [-0.25, -0.2) is 0 Å². The zero-order valence-corrected chi connectivity index (χ0v) is 9.77. The lowest BCUT2D eigenvalue weighted by atomic mass is 9.94. The van der Waals surface area contributed by atoms with Gasteiger partial charge in [0.05, 0.1) is 11.1 Å².